The minimum atomic E-state index is -0.299. The summed E-state index contributed by atoms with van der Waals surface area (Å²) in [5.74, 6) is 1.04. The van der Waals surface area contributed by atoms with Crippen LogP contribution in [-0.2, 0) is 6.42 Å². The zero-order valence-corrected chi connectivity index (χ0v) is 18.1. The van der Waals surface area contributed by atoms with Crippen molar-refractivity contribution in [3.8, 4) is 11.4 Å². The van der Waals surface area contributed by atoms with E-state index in [-0.39, 0.29) is 29.8 Å². The van der Waals surface area contributed by atoms with Crippen LogP contribution < -0.4 is 11.1 Å². The molecule has 0 spiro atoms. The number of nitrogens with two attached hydrogens (primary N) is 1. The van der Waals surface area contributed by atoms with E-state index in [4.69, 9.17) is 10.3 Å². The van der Waals surface area contributed by atoms with Crippen LogP contribution in [0.3, 0.4) is 0 Å². The Morgan fingerprint density at radius 2 is 1.82 bits per heavy atom. The highest BCUT2D eigenvalue weighted by atomic mass is 127. The van der Waals surface area contributed by atoms with E-state index < -0.39 is 0 Å². The summed E-state index contributed by atoms with van der Waals surface area (Å²) >= 11 is 0. The normalized spacial score (nSPS) is 11.2. The summed E-state index contributed by atoms with van der Waals surface area (Å²) in [5, 5.41) is 7.02. The van der Waals surface area contributed by atoms with Gasteiger partial charge in [-0.3, -0.25) is 4.99 Å². The van der Waals surface area contributed by atoms with E-state index in [2.05, 4.69) is 26.5 Å². The molecule has 0 bridgehead atoms. The van der Waals surface area contributed by atoms with Crippen molar-refractivity contribution in [1.82, 2.24) is 10.1 Å². The Bertz CT molecular complexity index is 920. The molecule has 0 radical (unpaired) electrons. The summed E-state index contributed by atoms with van der Waals surface area (Å²) in [4.78, 5) is 8.64. The number of nitrogens with zero attached hydrogens (tertiary/aromatic N) is 3. The lowest BCUT2D eigenvalue weighted by atomic mass is 10.1. The average Bonchev–Trinajstić information content (AvgIpc) is 3.07. The third-order valence-electron chi connectivity index (χ3n) is 3.90. The SMILES string of the molecule is Cc1cc(C)cc(NC(N)=NCCCc2nc(-c3ccc(F)cc3)no2)c1.I. The van der Waals surface area contributed by atoms with E-state index >= 15 is 0 Å². The van der Waals surface area contributed by atoms with E-state index in [1.807, 2.05) is 26.0 Å². The van der Waals surface area contributed by atoms with Crippen LogP contribution in [0, 0.1) is 19.7 Å². The molecule has 3 aromatic rings. The molecule has 1 heterocycles. The second-order valence-electron chi connectivity index (χ2n) is 6.39. The fraction of sp³-hybridized carbons (Fsp3) is 0.250. The van der Waals surface area contributed by atoms with Crippen LogP contribution >= 0.6 is 24.0 Å². The molecule has 0 aliphatic rings. The Hall–Kier alpha value is -2.49. The molecule has 0 atom stereocenters. The van der Waals surface area contributed by atoms with Crippen molar-refractivity contribution in [3.05, 3.63) is 65.3 Å². The average molecular weight is 495 g/mol. The van der Waals surface area contributed by atoms with Crippen LogP contribution in [-0.4, -0.2) is 22.6 Å². The van der Waals surface area contributed by atoms with Gasteiger partial charge in [-0.25, -0.2) is 4.39 Å². The first kappa shape index (κ1) is 21.8. The van der Waals surface area contributed by atoms with Crippen LogP contribution in [0.25, 0.3) is 11.4 Å². The maximum atomic E-state index is 13.0. The van der Waals surface area contributed by atoms with Gasteiger partial charge in [-0.05, 0) is 67.8 Å². The Labute approximate surface area is 180 Å². The summed E-state index contributed by atoms with van der Waals surface area (Å²) in [6.07, 6.45) is 1.31. The summed E-state index contributed by atoms with van der Waals surface area (Å²) in [5.41, 5.74) is 9.91. The van der Waals surface area contributed by atoms with E-state index in [0.29, 0.717) is 36.2 Å². The van der Waals surface area contributed by atoms with Crippen LogP contribution in [0.4, 0.5) is 10.1 Å². The largest absolute Gasteiger partial charge is 0.370 e. The number of aliphatic imine (C=N–C) groups is 1. The van der Waals surface area contributed by atoms with Gasteiger partial charge < -0.3 is 15.6 Å². The van der Waals surface area contributed by atoms with Gasteiger partial charge in [-0.2, -0.15) is 4.98 Å². The summed E-state index contributed by atoms with van der Waals surface area (Å²) in [7, 11) is 0. The highest BCUT2D eigenvalue weighted by molar-refractivity contribution is 14.0. The topological polar surface area (TPSA) is 89.3 Å². The van der Waals surface area contributed by atoms with Gasteiger partial charge in [0.2, 0.25) is 11.7 Å². The van der Waals surface area contributed by atoms with Crippen LogP contribution in [0.5, 0.6) is 0 Å². The van der Waals surface area contributed by atoms with E-state index in [9.17, 15) is 4.39 Å². The predicted octanol–water partition coefficient (Wildman–Crippen LogP) is 4.47. The molecule has 8 heteroatoms. The third-order valence-corrected chi connectivity index (χ3v) is 3.90. The maximum absolute atomic E-state index is 13.0. The van der Waals surface area contributed by atoms with Crippen LogP contribution in [0.1, 0.15) is 23.4 Å². The Morgan fingerprint density at radius 1 is 1.14 bits per heavy atom. The maximum Gasteiger partial charge on any atom is 0.227 e. The number of aromatic nitrogens is 2. The van der Waals surface area contributed by atoms with Gasteiger partial charge in [0.15, 0.2) is 5.96 Å². The van der Waals surface area contributed by atoms with Crippen molar-refractivity contribution < 1.29 is 8.91 Å². The van der Waals surface area contributed by atoms with Crippen molar-refractivity contribution in [2.75, 3.05) is 11.9 Å². The Morgan fingerprint density at radius 3 is 2.50 bits per heavy atom. The predicted molar refractivity (Wildman–Crippen MR) is 119 cm³/mol. The molecule has 0 saturated heterocycles. The van der Waals surface area contributed by atoms with Crippen molar-refractivity contribution >= 4 is 35.6 Å². The molecule has 3 N–H and O–H groups in total. The Kier molecular flexibility index (Phi) is 7.91. The zero-order chi connectivity index (χ0) is 19.2. The van der Waals surface area contributed by atoms with Crippen molar-refractivity contribution in [3.63, 3.8) is 0 Å². The molecule has 0 saturated carbocycles. The molecule has 0 aliphatic carbocycles. The monoisotopic (exact) mass is 495 g/mol. The highest BCUT2D eigenvalue weighted by Gasteiger charge is 2.08. The lowest BCUT2D eigenvalue weighted by Gasteiger charge is -2.07. The smallest absolute Gasteiger partial charge is 0.227 e. The van der Waals surface area contributed by atoms with Crippen molar-refractivity contribution in [1.29, 1.82) is 0 Å². The van der Waals surface area contributed by atoms with Gasteiger partial charge in [0.25, 0.3) is 0 Å². The molecule has 0 fully saturated rings. The first-order valence-electron chi connectivity index (χ1n) is 8.73. The molecule has 148 valence electrons. The van der Waals surface area contributed by atoms with Gasteiger partial charge in [0, 0.05) is 24.2 Å². The quantitative estimate of drug-likeness (QED) is 0.228. The minimum absolute atomic E-state index is 0. The number of aryl methyl sites for hydroxylation is 3. The summed E-state index contributed by atoms with van der Waals surface area (Å²) in [6, 6.07) is 12.1. The second kappa shape index (κ2) is 10.2. The number of rotatable bonds is 6. The standard InChI is InChI=1S/C20H22FN5O.HI/c1-13-10-14(2)12-17(11-13)24-20(22)23-9-3-4-18-25-19(26-27-18)15-5-7-16(21)8-6-15;/h5-8,10-12H,3-4,9H2,1-2H3,(H3,22,23,24);1H. The molecule has 28 heavy (non-hydrogen) atoms. The van der Waals surface area contributed by atoms with Crippen molar-refractivity contribution in [2.45, 2.75) is 26.7 Å². The highest BCUT2D eigenvalue weighted by Crippen LogP contribution is 2.17. The second-order valence-corrected chi connectivity index (χ2v) is 6.39. The summed E-state index contributed by atoms with van der Waals surface area (Å²) < 4.78 is 18.2. The first-order valence-corrected chi connectivity index (χ1v) is 8.73. The number of nitrogens with one attached hydrogen (secondary N) is 1. The number of hydrogen-bond donors (Lipinski definition) is 2. The molecule has 0 unspecified atom stereocenters. The molecule has 0 aliphatic heterocycles. The molecule has 6 nitrogen and oxygen atoms in total. The fourth-order valence-corrected chi connectivity index (χ4v) is 2.74. The minimum Gasteiger partial charge on any atom is -0.370 e. The first-order chi connectivity index (χ1) is 13.0. The van der Waals surface area contributed by atoms with Crippen molar-refractivity contribution in [2.24, 2.45) is 10.7 Å². The van der Waals surface area contributed by atoms with Gasteiger partial charge in [-0.1, -0.05) is 11.2 Å². The Balaban J connectivity index is 0.00000280. The van der Waals surface area contributed by atoms with Gasteiger partial charge in [0.1, 0.15) is 5.82 Å². The van der Waals surface area contributed by atoms with Crippen LogP contribution in [0.2, 0.25) is 0 Å². The number of guanidine groups is 1. The molecule has 0 amide bonds. The van der Waals surface area contributed by atoms with E-state index in [1.54, 1.807) is 12.1 Å². The zero-order valence-electron chi connectivity index (χ0n) is 15.8. The van der Waals surface area contributed by atoms with E-state index in [1.165, 1.54) is 23.3 Å². The van der Waals surface area contributed by atoms with Gasteiger partial charge >= 0.3 is 0 Å². The molecular formula is C20H23FIN5O. The van der Waals surface area contributed by atoms with Gasteiger partial charge in [0.05, 0.1) is 0 Å². The van der Waals surface area contributed by atoms with Crippen LogP contribution in [0.15, 0.2) is 52.0 Å². The number of benzene rings is 2. The molecule has 3 rings (SSSR count). The van der Waals surface area contributed by atoms with Gasteiger partial charge in [-0.15, -0.1) is 24.0 Å². The lowest BCUT2D eigenvalue weighted by molar-refractivity contribution is 0.376. The molecular weight excluding hydrogens is 472 g/mol. The number of hydrogen-bond acceptors (Lipinski definition) is 4. The fourth-order valence-electron chi connectivity index (χ4n) is 2.74. The lowest BCUT2D eigenvalue weighted by Crippen LogP contribution is -2.23. The van der Waals surface area contributed by atoms with E-state index in [0.717, 1.165) is 12.1 Å². The third kappa shape index (κ3) is 6.29. The number of anilines is 1. The molecule has 1 aromatic heterocycles. The summed E-state index contributed by atoms with van der Waals surface area (Å²) in [6.45, 7) is 4.62. The number of halogens is 2. The molecule has 2 aromatic carbocycles.